The average molecular weight is 339 g/mol. The molecule has 1 fully saturated rings. The minimum atomic E-state index is -0.962. The summed E-state index contributed by atoms with van der Waals surface area (Å²) in [6.45, 7) is 10.1. The molecule has 0 saturated carbocycles. The fourth-order valence-electron chi connectivity index (χ4n) is 2.86. The average Bonchev–Trinajstić information content (AvgIpc) is 2.71. The van der Waals surface area contributed by atoms with Crippen LogP contribution in [-0.2, 0) is 20.8 Å². The standard InChI is InChI=1S/C16H25N3O5/c1-10-14(11(2)19(17-10)8-13(20)21)12-9-23-7-6-18(12)15(22)24-16(3,4)5/h12H,6-9H2,1-5H3,(H,20,21)/t12-/m0/s1. The van der Waals surface area contributed by atoms with E-state index in [-0.39, 0.29) is 12.6 Å². The lowest BCUT2D eigenvalue weighted by Gasteiger charge is -2.36. The minimum absolute atomic E-state index is 0.216. The highest BCUT2D eigenvalue weighted by molar-refractivity contribution is 5.69. The van der Waals surface area contributed by atoms with E-state index >= 15 is 0 Å². The number of carbonyl (C=O) groups is 2. The lowest BCUT2D eigenvalue weighted by atomic mass is 10.0. The predicted octanol–water partition coefficient (Wildman–Crippen LogP) is 1.89. The molecule has 0 spiro atoms. The van der Waals surface area contributed by atoms with Crippen LogP contribution in [0.5, 0.6) is 0 Å². The number of carbonyl (C=O) groups excluding carboxylic acids is 1. The number of amides is 1. The Labute approximate surface area is 141 Å². The Morgan fingerprint density at radius 2 is 2.04 bits per heavy atom. The summed E-state index contributed by atoms with van der Waals surface area (Å²) in [5.41, 5.74) is 1.65. The van der Waals surface area contributed by atoms with Crippen molar-refractivity contribution in [3.05, 3.63) is 17.0 Å². The molecule has 0 aromatic carbocycles. The van der Waals surface area contributed by atoms with Crippen molar-refractivity contribution in [2.45, 2.75) is 52.8 Å². The van der Waals surface area contributed by atoms with E-state index in [1.807, 2.05) is 27.7 Å². The molecule has 2 heterocycles. The zero-order chi connectivity index (χ0) is 18.1. The van der Waals surface area contributed by atoms with E-state index in [0.717, 1.165) is 11.3 Å². The van der Waals surface area contributed by atoms with Crippen LogP contribution < -0.4 is 0 Å². The zero-order valence-corrected chi connectivity index (χ0v) is 14.8. The lowest BCUT2D eigenvalue weighted by molar-refractivity contribution is -0.137. The SMILES string of the molecule is Cc1nn(CC(=O)O)c(C)c1[C@@H]1COCCN1C(=O)OC(C)(C)C. The first-order chi connectivity index (χ1) is 11.1. The van der Waals surface area contributed by atoms with Gasteiger partial charge in [0.1, 0.15) is 12.1 Å². The second-order valence-corrected chi connectivity index (χ2v) is 6.90. The summed E-state index contributed by atoms with van der Waals surface area (Å²) in [4.78, 5) is 25.1. The second kappa shape index (κ2) is 6.80. The monoisotopic (exact) mass is 339 g/mol. The van der Waals surface area contributed by atoms with Gasteiger partial charge in [-0.2, -0.15) is 5.10 Å². The maximum absolute atomic E-state index is 12.5. The third-order valence-electron chi connectivity index (χ3n) is 3.81. The smallest absolute Gasteiger partial charge is 0.410 e. The van der Waals surface area contributed by atoms with Gasteiger partial charge in [0.15, 0.2) is 0 Å². The number of ether oxygens (including phenoxy) is 2. The van der Waals surface area contributed by atoms with Crippen molar-refractivity contribution in [2.24, 2.45) is 0 Å². The van der Waals surface area contributed by atoms with Gasteiger partial charge in [-0.3, -0.25) is 14.4 Å². The van der Waals surface area contributed by atoms with Crippen molar-refractivity contribution >= 4 is 12.1 Å². The molecule has 8 heteroatoms. The normalized spacial score (nSPS) is 18.5. The minimum Gasteiger partial charge on any atom is -0.480 e. The van der Waals surface area contributed by atoms with E-state index in [1.165, 1.54) is 4.68 Å². The maximum atomic E-state index is 12.5. The Morgan fingerprint density at radius 3 is 2.62 bits per heavy atom. The summed E-state index contributed by atoms with van der Waals surface area (Å²) in [7, 11) is 0. The fourth-order valence-corrected chi connectivity index (χ4v) is 2.86. The van der Waals surface area contributed by atoms with Crippen LogP contribution in [0, 0.1) is 13.8 Å². The number of rotatable bonds is 3. The van der Waals surface area contributed by atoms with Crippen LogP contribution in [0.25, 0.3) is 0 Å². The Morgan fingerprint density at radius 1 is 1.38 bits per heavy atom. The van der Waals surface area contributed by atoms with Crippen LogP contribution >= 0.6 is 0 Å². The van der Waals surface area contributed by atoms with Gasteiger partial charge in [-0.1, -0.05) is 0 Å². The predicted molar refractivity (Wildman–Crippen MR) is 85.8 cm³/mol. The van der Waals surface area contributed by atoms with Gasteiger partial charge in [-0.05, 0) is 34.6 Å². The summed E-state index contributed by atoms with van der Waals surface area (Å²) >= 11 is 0. The third kappa shape index (κ3) is 4.05. The van der Waals surface area contributed by atoms with Crippen molar-refractivity contribution in [1.82, 2.24) is 14.7 Å². The van der Waals surface area contributed by atoms with Crippen LogP contribution in [0.1, 0.15) is 43.8 Å². The molecule has 0 aliphatic carbocycles. The number of morpholine rings is 1. The van der Waals surface area contributed by atoms with Gasteiger partial charge < -0.3 is 14.6 Å². The Hall–Kier alpha value is -2.09. The summed E-state index contributed by atoms with van der Waals surface area (Å²) in [5, 5.41) is 13.3. The first-order valence-corrected chi connectivity index (χ1v) is 7.93. The number of nitrogens with zero attached hydrogens (tertiary/aromatic N) is 3. The van der Waals surface area contributed by atoms with Crippen molar-refractivity contribution in [2.75, 3.05) is 19.8 Å². The highest BCUT2D eigenvalue weighted by Crippen LogP contribution is 2.30. The van der Waals surface area contributed by atoms with Gasteiger partial charge in [0.2, 0.25) is 0 Å². The highest BCUT2D eigenvalue weighted by Gasteiger charge is 2.35. The molecule has 1 saturated heterocycles. The molecule has 24 heavy (non-hydrogen) atoms. The first-order valence-electron chi connectivity index (χ1n) is 7.93. The molecular weight excluding hydrogens is 314 g/mol. The molecule has 8 nitrogen and oxygen atoms in total. The fraction of sp³-hybridized carbons (Fsp3) is 0.688. The molecule has 2 rings (SSSR count). The molecule has 1 aromatic rings. The van der Waals surface area contributed by atoms with E-state index in [2.05, 4.69) is 5.10 Å². The van der Waals surface area contributed by atoms with E-state index < -0.39 is 17.7 Å². The van der Waals surface area contributed by atoms with E-state index in [4.69, 9.17) is 14.6 Å². The van der Waals surface area contributed by atoms with Crippen molar-refractivity contribution in [1.29, 1.82) is 0 Å². The van der Waals surface area contributed by atoms with E-state index in [1.54, 1.807) is 11.8 Å². The summed E-state index contributed by atoms with van der Waals surface area (Å²) in [5.74, 6) is -0.962. The Balaban J connectivity index is 2.32. The van der Waals surface area contributed by atoms with Crippen LogP contribution in [0.4, 0.5) is 4.79 Å². The molecule has 0 unspecified atom stereocenters. The molecule has 0 radical (unpaired) electrons. The maximum Gasteiger partial charge on any atom is 0.410 e. The third-order valence-corrected chi connectivity index (χ3v) is 3.81. The van der Waals surface area contributed by atoms with Crippen molar-refractivity contribution in [3.8, 4) is 0 Å². The van der Waals surface area contributed by atoms with Crippen LogP contribution in [0.3, 0.4) is 0 Å². The largest absolute Gasteiger partial charge is 0.480 e. The van der Waals surface area contributed by atoms with Gasteiger partial charge in [0, 0.05) is 17.8 Å². The van der Waals surface area contributed by atoms with Gasteiger partial charge in [0.25, 0.3) is 0 Å². The van der Waals surface area contributed by atoms with Crippen molar-refractivity contribution in [3.63, 3.8) is 0 Å². The zero-order valence-electron chi connectivity index (χ0n) is 14.8. The number of aliphatic carboxylic acids is 1. The molecule has 1 amide bonds. The van der Waals surface area contributed by atoms with Crippen LogP contribution in [-0.4, -0.2) is 57.2 Å². The quantitative estimate of drug-likeness (QED) is 0.904. The highest BCUT2D eigenvalue weighted by atomic mass is 16.6. The first kappa shape index (κ1) is 18.3. The van der Waals surface area contributed by atoms with Crippen LogP contribution in [0.15, 0.2) is 0 Å². The molecule has 0 bridgehead atoms. The van der Waals surface area contributed by atoms with E-state index in [0.29, 0.717) is 25.5 Å². The molecule has 1 N–H and O–H groups in total. The number of aromatic nitrogens is 2. The summed E-state index contributed by atoms with van der Waals surface area (Å²) in [6, 6.07) is -0.337. The number of hydrogen-bond donors (Lipinski definition) is 1. The lowest BCUT2D eigenvalue weighted by Crippen LogP contribution is -2.46. The van der Waals surface area contributed by atoms with Crippen LogP contribution in [0.2, 0.25) is 0 Å². The van der Waals surface area contributed by atoms with Gasteiger partial charge >= 0.3 is 12.1 Å². The van der Waals surface area contributed by atoms with Gasteiger partial charge in [-0.15, -0.1) is 0 Å². The molecule has 1 aliphatic rings. The van der Waals surface area contributed by atoms with Gasteiger partial charge in [-0.25, -0.2) is 4.79 Å². The van der Waals surface area contributed by atoms with Crippen molar-refractivity contribution < 1.29 is 24.2 Å². The van der Waals surface area contributed by atoms with Gasteiger partial charge in [0.05, 0.1) is 24.9 Å². The molecule has 1 atom stereocenters. The van der Waals surface area contributed by atoms with E-state index in [9.17, 15) is 9.59 Å². The Bertz CT molecular complexity index is 632. The Kier molecular flexibility index (Phi) is 5.17. The topological polar surface area (TPSA) is 93.9 Å². The molecule has 134 valence electrons. The summed E-state index contributed by atoms with van der Waals surface area (Å²) in [6.07, 6.45) is -0.402. The molecular formula is C16H25N3O5. The molecule has 1 aromatic heterocycles. The summed E-state index contributed by atoms with van der Waals surface area (Å²) < 4.78 is 12.5. The number of carboxylic acids is 1. The number of hydrogen-bond acceptors (Lipinski definition) is 5. The second-order valence-electron chi connectivity index (χ2n) is 6.90. The molecule has 1 aliphatic heterocycles. The number of aryl methyl sites for hydroxylation is 1. The number of carboxylic acid groups (broad SMARTS) is 1.